The summed E-state index contributed by atoms with van der Waals surface area (Å²) in [6.45, 7) is 2.69. The van der Waals surface area contributed by atoms with Crippen molar-refractivity contribution in [3.05, 3.63) is 35.9 Å². The lowest BCUT2D eigenvalue weighted by atomic mass is 10.1. The first kappa shape index (κ1) is 13.2. The molecule has 0 spiro atoms. The maximum absolute atomic E-state index is 5.11. The van der Waals surface area contributed by atoms with Crippen LogP contribution in [0.25, 0.3) is 0 Å². The van der Waals surface area contributed by atoms with E-state index in [1.165, 1.54) is 5.56 Å². The maximum Gasteiger partial charge on any atom is 0.0628 e. The van der Waals surface area contributed by atoms with Gasteiger partial charge in [0.25, 0.3) is 0 Å². The van der Waals surface area contributed by atoms with Gasteiger partial charge in [0.15, 0.2) is 0 Å². The second-order valence-corrected chi connectivity index (χ2v) is 3.88. The molecule has 0 saturated carbocycles. The molecule has 0 aromatic heterocycles. The van der Waals surface area contributed by atoms with E-state index in [1.807, 2.05) is 13.1 Å². The van der Waals surface area contributed by atoms with Gasteiger partial charge in [0.1, 0.15) is 0 Å². The van der Waals surface area contributed by atoms with E-state index in [9.17, 15) is 0 Å². The molecule has 1 unspecified atom stereocenters. The molecule has 0 heterocycles. The van der Waals surface area contributed by atoms with Crippen LogP contribution in [-0.2, 0) is 11.2 Å². The average molecular weight is 222 g/mol. The highest BCUT2D eigenvalue weighted by molar-refractivity contribution is 5.14. The standard InChI is InChI=1S/C13H22N2O/c1-14-13(11-16-2)10-15-9-8-12-6-4-3-5-7-12/h3-7,13-15H,8-11H2,1-2H3. The Labute approximate surface area is 98.2 Å². The van der Waals surface area contributed by atoms with Gasteiger partial charge >= 0.3 is 0 Å². The van der Waals surface area contributed by atoms with Crippen molar-refractivity contribution in [2.75, 3.05) is 33.9 Å². The minimum atomic E-state index is 0.390. The fraction of sp³-hybridized carbons (Fsp3) is 0.538. The molecule has 16 heavy (non-hydrogen) atoms. The van der Waals surface area contributed by atoms with Crippen LogP contribution in [0.4, 0.5) is 0 Å². The van der Waals surface area contributed by atoms with Gasteiger partial charge in [-0.15, -0.1) is 0 Å². The zero-order valence-corrected chi connectivity index (χ0v) is 10.2. The minimum absolute atomic E-state index is 0.390. The van der Waals surface area contributed by atoms with Gasteiger partial charge < -0.3 is 15.4 Å². The molecule has 0 aliphatic rings. The van der Waals surface area contributed by atoms with E-state index in [2.05, 4.69) is 34.9 Å². The SMILES string of the molecule is CNC(CNCCc1ccccc1)COC. The first-order valence-corrected chi connectivity index (χ1v) is 5.77. The normalized spacial score (nSPS) is 12.6. The Bertz CT molecular complexity index is 264. The van der Waals surface area contributed by atoms with Crippen LogP contribution >= 0.6 is 0 Å². The molecule has 0 radical (unpaired) electrons. The highest BCUT2D eigenvalue weighted by atomic mass is 16.5. The van der Waals surface area contributed by atoms with Crippen molar-refractivity contribution in [2.45, 2.75) is 12.5 Å². The Hall–Kier alpha value is -0.900. The Morgan fingerprint density at radius 2 is 2.00 bits per heavy atom. The molecule has 3 nitrogen and oxygen atoms in total. The Morgan fingerprint density at radius 3 is 2.62 bits per heavy atom. The van der Waals surface area contributed by atoms with Gasteiger partial charge in [-0.1, -0.05) is 30.3 Å². The third-order valence-corrected chi connectivity index (χ3v) is 2.60. The Balaban J connectivity index is 2.11. The van der Waals surface area contributed by atoms with Crippen molar-refractivity contribution in [1.29, 1.82) is 0 Å². The van der Waals surface area contributed by atoms with Gasteiger partial charge in [0.2, 0.25) is 0 Å². The van der Waals surface area contributed by atoms with E-state index in [0.29, 0.717) is 6.04 Å². The first-order chi connectivity index (χ1) is 7.86. The summed E-state index contributed by atoms with van der Waals surface area (Å²) in [7, 11) is 3.69. The summed E-state index contributed by atoms with van der Waals surface area (Å²) >= 11 is 0. The fourth-order valence-electron chi connectivity index (χ4n) is 1.60. The van der Waals surface area contributed by atoms with Gasteiger partial charge in [-0.2, -0.15) is 0 Å². The second-order valence-electron chi connectivity index (χ2n) is 3.88. The number of likely N-dealkylation sites (N-methyl/N-ethyl adjacent to an activating group) is 1. The predicted molar refractivity (Wildman–Crippen MR) is 67.7 cm³/mol. The van der Waals surface area contributed by atoms with Gasteiger partial charge in [0.05, 0.1) is 6.61 Å². The van der Waals surface area contributed by atoms with Crippen LogP contribution in [0.3, 0.4) is 0 Å². The molecule has 0 saturated heterocycles. The quantitative estimate of drug-likeness (QED) is 0.645. The van der Waals surface area contributed by atoms with E-state index in [0.717, 1.165) is 26.1 Å². The third kappa shape index (κ3) is 5.26. The summed E-state index contributed by atoms with van der Waals surface area (Å²) in [6, 6.07) is 10.9. The lowest BCUT2D eigenvalue weighted by Crippen LogP contribution is -2.40. The van der Waals surface area contributed by atoms with Crippen LogP contribution in [0.5, 0.6) is 0 Å². The third-order valence-electron chi connectivity index (χ3n) is 2.60. The zero-order valence-electron chi connectivity index (χ0n) is 10.2. The number of benzene rings is 1. The van der Waals surface area contributed by atoms with Crippen molar-refractivity contribution in [1.82, 2.24) is 10.6 Å². The molecule has 0 bridgehead atoms. The zero-order chi connectivity index (χ0) is 11.6. The molecule has 0 amide bonds. The van der Waals surface area contributed by atoms with Gasteiger partial charge in [0, 0.05) is 19.7 Å². The molecule has 2 N–H and O–H groups in total. The van der Waals surface area contributed by atoms with E-state index >= 15 is 0 Å². The average Bonchev–Trinajstić information content (AvgIpc) is 2.34. The Kier molecular flexibility index (Phi) is 6.81. The predicted octanol–water partition coefficient (Wildman–Crippen LogP) is 1.05. The van der Waals surface area contributed by atoms with Crippen molar-refractivity contribution in [3.8, 4) is 0 Å². The number of ether oxygens (including phenoxy) is 1. The largest absolute Gasteiger partial charge is 0.383 e. The molecule has 0 aliphatic heterocycles. The van der Waals surface area contributed by atoms with Crippen molar-refractivity contribution in [3.63, 3.8) is 0 Å². The number of hydrogen-bond donors (Lipinski definition) is 2. The molecular weight excluding hydrogens is 200 g/mol. The molecule has 1 aromatic carbocycles. The molecule has 1 atom stereocenters. The van der Waals surface area contributed by atoms with E-state index < -0.39 is 0 Å². The summed E-state index contributed by atoms with van der Waals surface area (Å²) in [6.07, 6.45) is 1.07. The van der Waals surface area contributed by atoms with Gasteiger partial charge in [-0.25, -0.2) is 0 Å². The maximum atomic E-state index is 5.11. The molecule has 3 heteroatoms. The van der Waals surface area contributed by atoms with Crippen molar-refractivity contribution < 1.29 is 4.74 Å². The van der Waals surface area contributed by atoms with Gasteiger partial charge in [-0.3, -0.25) is 0 Å². The molecule has 1 rings (SSSR count). The van der Waals surface area contributed by atoms with Crippen LogP contribution in [0.2, 0.25) is 0 Å². The number of methoxy groups -OCH3 is 1. The van der Waals surface area contributed by atoms with Crippen molar-refractivity contribution in [2.24, 2.45) is 0 Å². The monoisotopic (exact) mass is 222 g/mol. The molecular formula is C13H22N2O. The highest BCUT2D eigenvalue weighted by Gasteiger charge is 2.03. The smallest absolute Gasteiger partial charge is 0.0628 e. The van der Waals surface area contributed by atoms with Crippen LogP contribution in [0.1, 0.15) is 5.56 Å². The fourth-order valence-corrected chi connectivity index (χ4v) is 1.60. The summed E-state index contributed by atoms with van der Waals surface area (Å²) in [5.74, 6) is 0. The minimum Gasteiger partial charge on any atom is -0.383 e. The molecule has 0 aliphatic carbocycles. The van der Waals surface area contributed by atoms with Crippen LogP contribution in [0.15, 0.2) is 30.3 Å². The summed E-state index contributed by atoms with van der Waals surface area (Å²) < 4.78 is 5.11. The Morgan fingerprint density at radius 1 is 1.25 bits per heavy atom. The van der Waals surface area contributed by atoms with Crippen LogP contribution in [-0.4, -0.2) is 39.9 Å². The summed E-state index contributed by atoms with van der Waals surface area (Å²) in [4.78, 5) is 0. The molecule has 1 aromatic rings. The summed E-state index contributed by atoms with van der Waals surface area (Å²) in [5.41, 5.74) is 1.38. The number of rotatable bonds is 8. The lowest BCUT2D eigenvalue weighted by molar-refractivity contribution is 0.168. The van der Waals surface area contributed by atoms with E-state index in [1.54, 1.807) is 7.11 Å². The first-order valence-electron chi connectivity index (χ1n) is 5.77. The van der Waals surface area contributed by atoms with Crippen molar-refractivity contribution >= 4 is 0 Å². The number of hydrogen-bond acceptors (Lipinski definition) is 3. The lowest BCUT2D eigenvalue weighted by Gasteiger charge is -2.15. The van der Waals surface area contributed by atoms with Gasteiger partial charge in [-0.05, 0) is 25.6 Å². The summed E-state index contributed by atoms with van der Waals surface area (Å²) in [5, 5.41) is 6.64. The van der Waals surface area contributed by atoms with E-state index in [4.69, 9.17) is 4.74 Å². The second kappa shape index (κ2) is 8.28. The molecule has 0 fully saturated rings. The molecule has 90 valence electrons. The highest BCUT2D eigenvalue weighted by Crippen LogP contribution is 1.97. The number of nitrogens with one attached hydrogen (secondary N) is 2. The van der Waals surface area contributed by atoms with E-state index in [-0.39, 0.29) is 0 Å². The topological polar surface area (TPSA) is 33.3 Å². The van der Waals surface area contributed by atoms with Crippen LogP contribution in [0, 0.1) is 0 Å². The van der Waals surface area contributed by atoms with Crippen LogP contribution < -0.4 is 10.6 Å².